The number of nitrogens with zero attached hydrogens (tertiary/aromatic N) is 2. The fourth-order valence-corrected chi connectivity index (χ4v) is 7.19. The van der Waals surface area contributed by atoms with Crippen molar-refractivity contribution >= 4 is 43.1 Å². The molecule has 0 fully saturated rings. The van der Waals surface area contributed by atoms with Gasteiger partial charge in [-0.1, -0.05) is 111 Å². The summed E-state index contributed by atoms with van der Waals surface area (Å²) in [6, 6.07) is 53.7. The Hall–Kier alpha value is -6.22. The molecule has 220 valence electrons. The highest BCUT2D eigenvalue weighted by Gasteiger charge is 2.17. The first-order chi connectivity index (χ1) is 23.0. The van der Waals surface area contributed by atoms with Crippen molar-refractivity contribution in [1.29, 1.82) is 10.5 Å². The van der Waals surface area contributed by atoms with Crippen LogP contribution in [0.25, 0.3) is 76.5 Å². The highest BCUT2D eigenvalue weighted by Crippen LogP contribution is 2.44. The van der Waals surface area contributed by atoms with Crippen LogP contribution in [0.5, 0.6) is 0 Å². The molecule has 0 spiro atoms. The van der Waals surface area contributed by atoms with E-state index in [-0.39, 0.29) is 0 Å². The van der Waals surface area contributed by atoms with Gasteiger partial charge < -0.3 is 0 Å². The number of hydrogen-bond donors (Lipinski definition) is 0. The predicted octanol–water partition coefficient (Wildman–Crippen LogP) is 12.2. The van der Waals surface area contributed by atoms with Crippen LogP contribution in [0, 0.1) is 22.7 Å². The van der Waals surface area contributed by atoms with E-state index in [9.17, 15) is 10.5 Å². The first kappa shape index (κ1) is 28.3. The average molecular weight is 599 g/mol. The smallest absolute Gasteiger partial charge is 0.0991 e. The second-order valence-electron chi connectivity index (χ2n) is 12.5. The van der Waals surface area contributed by atoms with E-state index in [4.69, 9.17) is 0 Å². The molecule has 47 heavy (non-hydrogen) atoms. The molecule has 0 radical (unpaired) electrons. The van der Waals surface area contributed by atoms with Gasteiger partial charge in [-0.2, -0.15) is 10.5 Å². The molecule has 0 saturated heterocycles. The Balaban J connectivity index is 1.48. The third-order valence-corrected chi connectivity index (χ3v) is 9.49. The normalized spacial score (nSPS) is 11.3. The van der Waals surface area contributed by atoms with Crippen molar-refractivity contribution in [3.63, 3.8) is 0 Å². The molecule has 0 bridgehead atoms. The predicted molar refractivity (Wildman–Crippen MR) is 196 cm³/mol. The Bertz CT molecular complexity index is 2590. The van der Waals surface area contributed by atoms with Gasteiger partial charge >= 0.3 is 0 Å². The molecule has 2 nitrogen and oxygen atoms in total. The standard InChI is InChI=1S/C45H30N2/c1-28(2)35-11-5-7-33-8-6-12-36(45(33)35)34-21-22-39-42(23-34)41(32-19-15-30(27-47)16-20-32)25-43-38-10-4-3-9-37(38)40(24-44(39)43)31-17-13-29(26-46)14-18-31/h3-25,28H,1-2H3. The van der Waals surface area contributed by atoms with E-state index in [2.05, 4.69) is 129 Å². The molecular weight excluding hydrogens is 569 g/mol. The number of rotatable bonds is 4. The summed E-state index contributed by atoms with van der Waals surface area (Å²) >= 11 is 0. The summed E-state index contributed by atoms with van der Waals surface area (Å²) in [5.41, 5.74) is 9.50. The lowest BCUT2D eigenvalue weighted by molar-refractivity contribution is 0.876. The molecule has 0 aliphatic carbocycles. The monoisotopic (exact) mass is 598 g/mol. The minimum Gasteiger partial charge on any atom is -0.192 e. The van der Waals surface area contributed by atoms with Crippen LogP contribution < -0.4 is 0 Å². The van der Waals surface area contributed by atoms with Crippen molar-refractivity contribution in [2.45, 2.75) is 19.8 Å². The van der Waals surface area contributed by atoms with Crippen molar-refractivity contribution in [3.05, 3.63) is 156 Å². The Morgan fingerprint density at radius 3 is 1.55 bits per heavy atom. The third kappa shape index (κ3) is 4.71. The Morgan fingerprint density at radius 1 is 0.426 bits per heavy atom. The van der Waals surface area contributed by atoms with Crippen LogP contribution in [0.3, 0.4) is 0 Å². The van der Waals surface area contributed by atoms with Crippen LogP contribution in [0.2, 0.25) is 0 Å². The van der Waals surface area contributed by atoms with Crippen molar-refractivity contribution in [2.75, 3.05) is 0 Å². The van der Waals surface area contributed by atoms with Crippen LogP contribution in [0.1, 0.15) is 36.5 Å². The van der Waals surface area contributed by atoms with Crippen LogP contribution in [0.4, 0.5) is 0 Å². The summed E-state index contributed by atoms with van der Waals surface area (Å²) in [5.74, 6) is 0.396. The minimum absolute atomic E-state index is 0.396. The molecule has 0 aliphatic heterocycles. The highest BCUT2D eigenvalue weighted by molar-refractivity contribution is 6.24. The SMILES string of the molecule is CC(C)c1cccc2cccc(-c3ccc4c(c3)c(-c3ccc(C#N)cc3)cc3c5ccccc5c(-c5ccc(C#N)cc5)cc43)c12. The molecule has 0 heterocycles. The number of nitriles is 2. The van der Waals surface area contributed by atoms with E-state index >= 15 is 0 Å². The molecule has 0 saturated carbocycles. The first-order valence-electron chi connectivity index (χ1n) is 16.0. The lowest BCUT2D eigenvalue weighted by Crippen LogP contribution is -1.93. The molecule has 8 rings (SSSR count). The van der Waals surface area contributed by atoms with Crippen LogP contribution in [0.15, 0.2) is 140 Å². The van der Waals surface area contributed by atoms with E-state index < -0.39 is 0 Å². The zero-order chi connectivity index (χ0) is 32.1. The van der Waals surface area contributed by atoms with Crippen LogP contribution in [-0.2, 0) is 0 Å². The fourth-order valence-electron chi connectivity index (χ4n) is 7.19. The first-order valence-corrected chi connectivity index (χ1v) is 16.0. The maximum atomic E-state index is 9.52. The van der Waals surface area contributed by atoms with E-state index in [1.54, 1.807) is 0 Å². The van der Waals surface area contributed by atoms with Gasteiger partial charge in [0.05, 0.1) is 23.3 Å². The van der Waals surface area contributed by atoms with Gasteiger partial charge in [-0.15, -0.1) is 0 Å². The highest BCUT2D eigenvalue weighted by atomic mass is 14.2. The lowest BCUT2D eigenvalue weighted by Gasteiger charge is -2.18. The van der Waals surface area contributed by atoms with Gasteiger partial charge in [0.25, 0.3) is 0 Å². The molecule has 2 heteroatoms. The summed E-state index contributed by atoms with van der Waals surface area (Å²) in [6.45, 7) is 4.52. The van der Waals surface area contributed by atoms with E-state index in [1.807, 2.05) is 36.4 Å². The van der Waals surface area contributed by atoms with Crippen molar-refractivity contribution in [3.8, 4) is 45.5 Å². The third-order valence-electron chi connectivity index (χ3n) is 9.49. The topological polar surface area (TPSA) is 47.6 Å². The van der Waals surface area contributed by atoms with E-state index in [0.717, 1.165) is 22.3 Å². The summed E-state index contributed by atoms with van der Waals surface area (Å²) in [4.78, 5) is 0. The average Bonchev–Trinajstić information content (AvgIpc) is 3.13. The molecule has 8 aromatic carbocycles. The van der Waals surface area contributed by atoms with Gasteiger partial charge in [0.1, 0.15) is 0 Å². The van der Waals surface area contributed by atoms with Crippen LogP contribution in [-0.4, -0.2) is 0 Å². The molecule has 0 aliphatic rings. The van der Waals surface area contributed by atoms with Crippen molar-refractivity contribution in [2.24, 2.45) is 0 Å². The largest absolute Gasteiger partial charge is 0.192 e. The summed E-state index contributed by atoms with van der Waals surface area (Å²) < 4.78 is 0. The van der Waals surface area contributed by atoms with Crippen molar-refractivity contribution in [1.82, 2.24) is 0 Å². The second-order valence-corrected chi connectivity index (χ2v) is 12.5. The maximum absolute atomic E-state index is 9.52. The molecule has 0 N–H and O–H groups in total. The summed E-state index contributed by atoms with van der Waals surface area (Å²) in [7, 11) is 0. The lowest BCUT2D eigenvalue weighted by atomic mass is 9.85. The van der Waals surface area contributed by atoms with Gasteiger partial charge in [-0.25, -0.2) is 0 Å². The Labute approximate surface area is 274 Å². The van der Waals surface area contributed by atoms with E-state index in [0.29, 0.717) is 17.0 Å². The zero-order valence-electron chi connectivity index (χ0n) is 26.3. The van der Waals surface area contributed by atoms with Gasteiger partial charge in [-0.05, 0) is 130 Å². The number of fused-ring (bicyclic) bond motifs is 6. The van der Waals surface area contributed by atoms with Gasteiger partial charge in [0.2, 0.25) is 0 Å². The minimum atomic E-state index is 0.396. The molecule has 0 aromatic heterocycles. The number of hydrogen-bond acceptors (Lipinski definition) is 2. The van der Waals surface area contributed by atoms with E-state index in [1.165, 1.54) is 59.8 Å². The summed E-state index contributed by atoms with van der Waals surface area (Å²) in [5, 5.41) is 28.6. The molecule has 0 atom stereocenters. The molecule has 0 amide bonds. The Kier molecular flexibility index (Phi) is 6.79. The quantitative estimate of drug-likeness (QED) is 0.189. The fraction of sp³-hybridized carbons (Fsp3) is 0.0667. The van der Waals surface area contributed by atoms with Gasteiger partial charge in [-0.3, -0.25) is 0 Å². The Morgan fingerprint density at radius 2 is 0.957 bits per heavy atom. The number of benzene rings is 8. The van der Waals surface area contributed by atoms with Crippen LogP contribution >= 0.6 is 0 Å². The molecular formula is C45H30N2. The van der Waals surface area contributed by atoms with Gasteiger partial charge in [0.15, 0.2) is 0 Å². The maximum Gasteiger partial charge on any atom is 0.0991 e. The zero-order valence-corrected chi connectivity index (χ0v) is 26.3. The van der Waals surface area contributed by atoms with Crippen molar-refractivity contribution < 1.29 is 0 Å². The molecule has 0 unspecified atom stereocenters. The molecule has 8 aromatic rings. The summed E-state index contributed by atoms with van der Waals surface area (Å²) in [6.07, 6.45) is 0. The van der Waals surface area contributed by atoms with Gasteiger partial charge in [0, 0.05) is 0 Å². The second kappa shape index (κ2) is 11.3.